The second-order valence-electron chi connectivity index (χ2n) is 8.55. The molecule has 33 heavy (non-hydrogen) atoms. The number of aromatic nitrogens is 2. The summed E-state index contributed by atoms with van der Waals surface area (Å²) in [5, 5.41) is 12.8. The van der Waals surface area contributed by atoms with E-state index < -0.39 is 23.7 Å². The Morgan fingerprint density at radius 3 is 2.45 bits per heavy atom. The van der Waals surface area contributed by atoms with Crippen LogP contribution in [0.3, 0.4) is 0 Å². The van der Waals surface area contributed by atoms with Crippen LogP contribution in [0.15, 0.2) is 30.5 Å². The fraction of sp³-hybridized carbons (Fsp3) is 0.500. The molecule has 0 aliphatic carbocycles. The largest absolute Gasteiger partial charge is 0.476 e. The standard InChI is InChI=1S/C22H26F3N5O3/c1-15-13-27(10-11-29(15)21(33)30-9-6-18(26-30)20(31)32)14-16-4-5-17(22(23,24)25)12-19(16)28-7-2-3-8-28/h4-6,9,12,15H,2-3,7-8,10-11,13-14H2,1H3,(H,31,32)/t15-/m1/s1. The van der Waals surface area contributed by atoms with Crippen molar-refractivity contribution in [2.45, 2.75) is 38.5 Å². The highest BCUT2D eigenvalue weighted by Crippen LogP contribution is 2.35. The first kappa shape index (κ1) is 23.1. The molecule has 0 spiro atoms. The molecule has 2 aliphatic rings. The Kier molecular flexibility index (Phi) is 6.33. The van der Waals surface area contributed by atoms with Gasteiger partial charge in [-0.1, -0.05) is 6.07 Å². The molecule has 8 nitrogen and oxygen atoms in total. The fourth-order valence-electron chi connectivity index (χ4n) is 4.50. The maximum absolute atomic E-state index is 13.3. The first-order valence-electron chi connectivity index (χ1n) is 10.9. The number of carbonyl (C=O) groups excluding carboxylic acids is 1. The normalized spacial score (nSPS) is 19.8. The van der Waals surface area contributed by atoms with Crippen molar-refractivity contribution in [1.82, 2.24) is 19.6 Å². The zero-order valence-electron chi connectivity index (χ0n) is 18.3. The fourth-order valence-corrected chi connectivity index (χ4v) is 4.50. The SMILES string of the molecule is C[C@@H]1CN(Cc2ccc(C(F)(F)F)cc2N2CCCC2)CCN1C(=O)n1ccc(C(=O)O)n1. The van der Waals surface area contributed by atoms with Crippen LogP contribution in [0.1, 0.15) is 41.4 Å². The van der Waals surface area contributed by atoms with E-state index in [9.17, 15) is 22.8 Å². The van der Waals surface area contributed by atoms with Crippen molar-refractivity contribution in [3.63, 3.8) is 0 Å². The molecule has 0 unspecified atom stereocenters. The van der Waals surface area contributed by atoms with Gasteiger partial charge in [-0.15, -0.1) is 0 Å². The molecule has 4 rings (SSSR count). The van der Waals surface area contributed by atoms with Crippen LogP contribution in [-0.2, 0) is 12.7 Å². The molecular formula is C22H26F3N5O3. The van der Waals surface area contributed by atoms with Crippen LogP contribution in [0.25, 0.3) is 0 Å². The Labute approximate surface area is 189 Å². The van der Waals surface area contributed by atoms with Gasteiger partial charge in [0.1, 0.15) is 0 Å². The van der Waals surface area contributed by atoms with Crippen molar-refractivity contribution in [3.8, 4) is 0 Å². The van der Waals surface area contributed by atoms with Crippen LogP contribution in [0.4, 0.5) is 23.7 Å². The van der Waals surface area contributed by atoms with E-state index in [1.165, 1.54) is 18.3 Å². The summed E-state index contributed by atoms with van der Waals surface area (Å²) in [6.45, 7) is 5.36. The molecule has 1 amide bonds. The first-order valence-corrected chi connectivity index (χ1v) is 10.9. The number of carboxylic acid groups (broad SMARTS) is 1. The van der Waals surface area contributed by atoms with Crippen molar-refractivity contribution in [2.24, 2.45) is 0 Å². The first-order chi connectivity index (χ1) is 15.6. The van der Waals surface area contributed by atoms with Gasteiger partial charge >= 0.3 is 18.2 Å². The highest BCUT2D eigenvalue weighted by atomic mass is 19.4. The van der Waals surface area contributed by atoms with Crippen LogP contribution in [-0.4, -0.2) is 75.5 Å². The summed E-state index contributed by atoms with van der Waals surface area (Å²) >= 11 is 0. The molecule has 2 fully saturated rings. The van der Waals surface area contributed by atoms with Crippen LogP contribution in [0.5, 0.6) is 0 Å². The van der Waals surface area contributed by atoms with E-state index in [0.29, 0.717) is 31.9 Å². The van der Waals surface area contributed by atoms with Gasteiger partial charge in [-0.05, 0) is 43.5 Å². The molecule has 0 radical (unpaired) electrons. The highest BCUT2D eigenvalue weighted by molar-refractivity contribution is 5.86. The predicted octanol–water partition coefficient (Wildman–Crippen LogP) is 3.37. The Bertz CT molecular complexity index is 1030. The number of halogens is 3. The van der Waals surface area contributed by atoms with E-state index in [-0.39, 0.29) is 11.7 Å². The summed E-state index contributed by atoms with van der Waals surface area (Å²) in [4.78, 5) is 29.6. The second kappa shape index (κ2) is 9.05. The van der Waals surface area contributed by atoms with Gasteiger partial charge in [0, 0.05) is 57.2 Å². The van der Waals surface area contributed by atoms with Gasteiger partial charge < -0.3 is 14.9 Å². The average molecular weight is 465 g/mol. The molecule has 3 heterocycles. The number of anilines is 1. The molecular weight excluding hydrogens is 439 g/mol. The van der Waals surface area contributed by atoms with Crippen LogP contribution < -0.4 is 4.90 Å². The zero-order valence-corrected chi connectivity index (χ0v) is 18.3. The Hall–Kier alpha value is -3.08. The maximum Gasteiger partial charge on any atom is 0.416 e. The molecule has 1 aromatic carbocycles. The molecule has 1 aromatic heterocycles. The summed E-state index contributed by atoms with van der Waals surface area (Å²) in [6, 6.07) is 4.65. The minimum Gasteiger partial charge on any atom is -0.476 e. The molecule has 0 bridgehead atoms. The number of alkyl halides is 3. The van der Waals surface area contributed by atoms with E-state index in [1.54, 1.807) is 11.0 Å². The van der Waals surface area contributed by atoms with Crippen LogP contribution >= 0.6 is 0 Å². The summed E-state index contributed by atoms with van der Waals surface area (Å²) in [5.74, 6) is -1.20. The number of carbonyl (C=O) groups is 2. The predicted molar refractivity (Wildman–Crippen MR) is 114 cm³/mol. The second-order valence-corrected chi connectivity index (χ2v) is 8.55. The van der Waals surface area contributed by atoms with E-state index in [0.717, 1.165) is 42.2 Å². The van der Waals surface area contributed by atoms with Crippen molar-refractivity contribution >= 4 is 17.7 Å². The minimum absolute atomic E-state index is 0.173. The number of nitrogens with zero attached hydrogens (tertiary/aromatic N) is 5. The third-order valence-corrected chi connectivity index (χ3v) is 6.21. The Morgan fingerprint density at radius 2 is 1.85 bits per heavy atom. The van der Waals surface area contributed by atoms with E-state index in [1.807, 2.05) is 11.8 Å². The lowest BCUT2D eigenvalue weighted by molar-refractivity contribution is -0.137. The molecule has 178 valence electrons. The maximum atomic E-state index is 13.3. The molecule has 2 saturated heterocycles. The van der Waals surface area contributed by atoms with Gasteiger partial charge in [0.2, 0.25) is 0 Å². The lowest BCUT2D eigenvalue weighted by atomic mass is 10.1. The lowest BCUT2D eigenvalue weighted by Gasteiger charge is -2.40. The number of piperazine rings is 1. The minimum atomic E-state index is -4.39. The summed E-state index contributed by atoms with van der Waals surface area (Å²) < 4.78 is 40.9. The van der Waals surface area contributed by atoms with Gasteiger partial charge in [0.15, 0.2) is 5.69 Å². The number of amides is 1. The quantitative estimate of drug-likeness (QED) is 0.746. The van der Waals surface area contributed by atoms with E-state index in [4.69, 9.17) is 5.11 Å². The van der Waals surface area contributed by atoms with Gasteiger partial charge in [0.25, 0.3) is 0 Å². The zero-order chi connectivity index (χ0) is 23.8. The Balaban J connectivity index is 1.46. The van der Waals surface area contributed by atoms with Crippen LogP contribution in [0.2, 0.25) is 0 Å². The summed E-state index contributed by atoms with van der Waals surface area (Å²) in [6.07, 6.45) is -1.13. The number of hydrogen-bond donors (Lipinski definition) is 1. The molecule has 0 saturated carbocycles. The lowest BCUT2D eigenvalue weighted by Crippen LogP contribution is -2.54. The molecule has 2 aromatic rings. The summed E-state index contributed by atoms with van der Waals surface area (Å²) in [7, 11) is 0. The smallest absolute Gasteiger partial charge is 0.416 e. The van der Waals surface area contributed by atoms with Crippen molar-refractivity contribution in [2.75, 3.05) is 37.6 Å². The highest BCUT2D eigenvalue weighted by Gasteiger charge is 2.33. The number of benzene rings is 1. The van der Waals surface area contributed by atoms with Gasteiger partial charge in [0.05, 0.1) is 5.56 Å². The monoisotopic (exact) mass is 465 g/mol. The number of rotatable bonds is 4. The van der Waals surface area contributed by atoms with Gasteiger partial charge in [-0.2, -0.15) is 23.0 Å². The van der Waals surface area contributed by atoms with Crippen LogP contribution in [0, 0.1) is 0 Å². The van der Waals surface area contributed by atoms with E-state index in [2.05, 4.69) is 10.00 Å². The van der Waals surface area contributed by atoms with E-state index >= 15 is 0 Å². The van der Waals surface area contributed by atoms with Gasteiger partial charge in [-0.3, -0.25) is 4.90 Å². The Morgan fingerprint density at radius 1 is 1.12 bits per heavy atom. The number of hydrogen-bond acceptors (Lipinski definition) is 5. The van der Waals surface area contributed by atoms with Gasteiger partial charge in [-0.25, -0.2) is 9.59 Å². The third-order valence-electron chi connectivity index (χ3n) is 6.21. The molecule has 1 atom stereocenters. The number of carboxylic acids is 1. The van der Waals surface area contributed by atoms with Crippen molar-refractivity contribution in [3.05, 3.63) is 47.3 Å². The van der Waals surface area contributed by atoms with Crippen molar-refractivity contribution < 1.29 is 27.9 Å². The third kappa shape index (κ3) is 4.97. The average Bonchev–Trinajstić information content (AvgIpc) is 3.45. The summed E-state index contributed by atoms with van der Waals surface area (Å²) in [5.41, 5.74) is 0.629. The molecule has 2 aliphatic heterocycles. The van der Waals surface area contributed by atoms with Crippen molar-refractivity contribution in [1.29, 1.82) is 0 Å². The molecule has 1 N–H and O–H groups in total. The topological polar surface area (TPSA) is 81.9 Å². The molecule has 11 heteroatoms. The number of aromatic carboxylic acids is 1.